The van der Waals surface area contributed by atoms with Crippen molar-refractivity contribution < 1.29 is 23.5 Å². The van der Waals surface area contributed by atoms with E-state index in [1.54, 1.807) is 85.2 Å². The number of hydrogen-bond acceptors (Lipinski definition) is 6. The number of anilines is 1. The van der Waals surface area contributed by atoms with Crippen molar-refractivity contribution in [1.29, 1.82) is 0 Å². The summed E-state index contributed by atoms with van der Waals surface area (Å²) >= 11 is 0. The molecule has 6 nitrogen and oxygen atoms in total. The van der Waals surface area contributed by atoms with Crippen LogP contribution < -0.4 is 9.64 Å². The number of aromatic nitrogens is 1. The van der Waals surface area contributed by atoms with Gasteiger partial charge in [0.25, 0.3) is 0 Å². The lowest BCUT2D eigenvalue weighted by Gasteiger charge is -2.37. The summed E-state index contributed by atoms with van der Waals surface area (Å²) in [5.74, 6) is -1.72. The molecule has 0 bridgehead atoms. The molecule has 3 heterocycles. The summed E-state index contributed by atoms with van der Waals surface area (Å²) in [5, 5.41) is 0. The minimum absolute atomic E-state index is 0.281. The van der Waals surface area contributed by atoms with Crippen LogP contribution in [0.15, 0.2) is 97.3 Å². The Morgan fingerprint density at radius 1 is 0.950 bits per heavy atom. The van der Waals surface area contributed by atoms with Crippen molar-refractivity contribution in [3.63, 3.8) is 0 Å². The summed E-state index contributed by atoms with van der Waals surface area (Å²) < 4.78 is 19.7. The summed E-state index contributed by atoms with van der Waals surface area (Å²) in [4.78, 5) is 49.9. The van der Waals surface area contributed by atoms with Crippen LogP contribution in [0, 0.1) is 11.2 Å². The van der Waals surface area contributed by atoms with Crippen LogP contribution in [0.25, 0.3) is 6.08 Å². The minimum atomic E-state index is -1.63. The molecule has 1 fully saturated rings. The molecular formula is C33H23FN2O4. The molecule has 40 heavy (non-hydrogen) atoms. The van der Waals surface area contributed by atoms with E-state index in [2.05, 4.69) is 4.98 Å². The summed E-state index contributed by atoms with van der Waals surface area (Å²) in [5.41, 5.74) is 1.18. The topological polar surface area (TPSA) is 76.6 Å². The lowest BCUT2D eigenvalue weighted by molar-refractivity contribution is 0.0665. The van der Waals surface area contributed by atoms with Gasteiger partial charge < -0.3 is 9.64 Å². The van der Waals surface area contributed by atoms with Crippen LogP contribution in [0.3, 0.4) is 0 Å². The van der Waals surface area contributed by atoms with Gasteiger partial charge in [-0.15, -0.1) is 0 Å². The highest BCUT2D eigenvalue weighted by molar-refractivity contribution is 6.32. The standard InChI is InChI=1S/C33H23FN2O4/c1-40-23-8-4-6-20(17-23)30(37)29-28(21-7-5-15-35-18-21)33(31(38)24-9-2-3-10-25(24)32(33)39)27-14-11-19-16-22(34)12-13-26(19)36(27)29/h2-18,27-29H,1H3. The van der Waals surface area contributed by atoms with Crippen molar-refractivity contribution in [1.82, 2.24) is 4.98 Å². The van der Waals surface area contributed by atoms with Gasteiger partial charge >= 0.3 is 0 Å². The average Bonchev–Trinajstić information content (AvgIpc) is 3.43. The van der Waals surface area contributed by atoms with Gasteiger partial charge in [-0.1, -0.05) is 54.6 Å². The first kappa shape index (κ1) is 24.2. The third kappa shape index (κ3) is 3.14. The fourth-order valence-corrected chi connectivity index (χ4v) is 6.83. The van der Waals surface area contributed by atoms with E-state index in [1.807, 2.05) is 11.0 Å². The number of ketones is 3. The van der Waals surface area contributed by atoms with E-state index in [0.717, 1.165) is 0 Å². The van der Waals surface area contributed by atoms with Crippen LogP contribution in [-0.2, 0) is 0 Å². The van der Waals surface area contributed by atoms with Gasteiger partial charge in [0.1, 0.15) is 23.0 Å². The molecule has 0 N–H and O–H groups in total. The van der Waals surface area contributed by atoms with Crippen molar-refractivity contribution in [2.24, 2.45) is 5.41 Å². The molecule has 1 spiro atoms. The molecule has 1 aromatic heterocycles. The van der Waals surface area contributed by atoms with Crippen LogP contribution in [-0.4, -0.2) is 41.5 Å². The van der Waals surface area contributed by atoms with Crippen molar-refractivity contribution in [2.45, 2.75) is 18.0 Å². The molecule has 7 rings (SSSR count). The number of ether oxygens (including phenoxy) is 1. The average molecular weight is 531 g/mol. The summed E-state index contributed by atoms with van der Waals surface area (Å²) in [7, 11) is 1.52. The summed E-state index contributed by atoms with van der Waals surface area (Å²) in [6.45, 7) is 0. The Morgan fingerprint density at radius 2 is 1.73 bits per heavy atom. The van der Waals surface area contributed by atoms with E-state index in [4.69, 9.17) is 4.74 Å². The zero-order valence-electron chi connectivity index (χ0n) is 21.5. The SMILES string of the molecule is COc1cccc(C(=O)C2C(c3cccnc3)C3(C(=O)c4ccccc4C3=O)C3C=Cc4cc(F)ccc4N23)c1. The lowest BCUT2D eigenvalue weighted by Crippen LogP contribution is -2.48. The normalized spacial score (nSPS) is 21.8. The molecule has 4 aromatic rings. The molecule has 1 aliphatic carbocycles. The van der Waals surface area contributed by atoms with Gasteiger partial charge in [-0.05, 0) is 42.0 Å². The zero-order valence-corrected chi connectivity index (χ0v) is 21.5. The molecule has 3 aromatic carbocycles. The van der Waals surface area contributed by atoms with E-state index in [1.165, 1.54) is 19.2 Å². The number of benzene rings is 3. The number of nitrogens with zero attached hydrogens (tertiary/aromatic N) is 2. The smallest absolute Gasteiger partial charge is 0.186 e. The molecule has 3 aliphatic rings. The molecule has 3 atom stereocenters. The molecule has 196 valence electrons. The van der Waals surface area contributed by atoms with E-state index in [9.17, 15) is 18.8 Å². The van der Waals surface area contributed by atoms with E-state index < -0.39 is 29.2 Å². The Bertz CT molecular complexity index is 1710. The Morgan fingerprint density at radius 3 is 2.42 bits per heavy atom. The molecular weight excluding hydrogens is 507 g/mol. The number of fused-ring (bicyclic) bond motifs is 5. The van der Waals surface area contributed by atoms with Crippen LogP contribution >= 0.6 is 0 Å². The number of Topliss-reactive ketones (excluding diaryl/α,β-unsaturated/α-hetero) is 3. The van der Waals surface area contributed by atoms with Crippen molar-refractivity contribution in [3.05, 3.63) is 131 Å². The number of hydrogen-bond donors (Lipinski definition) is 0. The molecule has 0 radical (unpaired) electrons. The van der Waals surface area contributed by atoms with Crippen LogP contribution in [0.5, 0.6) is 5.75 Å². The highest BCUT2D eigenvalue weighted by Crippen LogP contribution is 2.60. The summed E-state index contributed by atoms with van der Waals surface area (Å²) in [6, 6.07) is 19.8. The molecule has 1 saturated heterocycles. The van der Waals surface area contributed by atoms with Crippen LogP contribution in [0.4, 0.5) is 10.1 Å². The highest BCUT2D eigenvalue weighted by atomic mass is 19.1. The Labute approximate surface area is 229 Å². The quantitative estimate of drug-likeness (QED) is 0.255. The van der Waals surface area contributed by atoms with Crippen molar-refractivity contribution in [2.75, 3.05) is 12.0 Å². The fraction of sp³-hybridized carbons (Fsp3) is 0.152. The second kappa shape index (κ2) is 8.81. The predicted octanol–water partition coefficient (Wildman–Crippen LogP) is 5.55. The van der Waals surface area contributed by atoms with Gasteiger partial charge in [-0.25, -0.2) is 4.39 Å². The van der Waals surface area contributed by atoms with E-state index in [-0.39, 0.29) is 17.3 Å². The van der Waals surface area contributed by atoms with E-state index in [0.29, 0.717) is 39.3 Å². The first-order valence-corrected chi connectivity index (χ1v) is 13.0. The number of halogens is 1. The number of carbonyl (C=O) groups is 3. The maximum atomic E-state index is 14.6. The van der Waals surface area contributed by atoms with Gasteiger partial charge in [-0.3, -0.25) is 19.4 Å². The van der Waals surface area contributed by atoms with Gasteiger partial charge in [0.2, 0.25) is 0 Å². The van der Waals surface area contributed by atoms with Gasteiger partial charge in [0.15, 0.2) is 17.3 Å². The Kier molecular flexibility index (Phi) is 5.32. The lowest BCUT2D eigenvalue weighted by atomic mass is 9.64. The maximum absolute atomic E-state index is 14.6. The second-order valence-corrected chi connectivity index (χ2v) is 10.3. The Hall–Kier alpha value is -4.91. The zero-order chi connectivity index (χ0) is 27.6. The van der Waals surface area contributed by atoms with Crippen molar-refractivity contribution >= 4 is 29.1 Å². The van der Waals surface area contributed by atoms with Crippen molar-refractivity contribution in [3.8, 4) is 5.75 Å². The van der Waals surface area contributed by atoms with Gasteiger partial charge in [-0.2, -0.15) is 0 Å². The molecule has 2 aliphatic heterocycles. The van der Waals surface area contributed by atoms with Gasteiger partial charge in [0.05, 0.1) is 13.2 Å². The molecule has 7 heteroatoms. The maximum Gasteiger partial charge on any atom is 0.186 e. The first-order valence-electron chi connectivity index (χ1n) is 13.0. The monoisotopic (exact) mass is 530 g/mol. The van der Waals surface area contributed by atoms with Crippen LogP contribution in [0.2, 0.25) is 0 Å². The van der Waals surface area contributed by atoms with Gasteiger partial charge in [0, 0.05) is 46.3 Å². The number of methoxy groups -OCH3 is 1. The highest BCUT2D eigenvalue weighted by Gasteiger charge is 2.71. The predicted molar refractivity (Wildman–Crippen MR) is 147 cm³/mol. The largest absolute Gasteiger partial charge is 0.497 e. The molecule has 0 saturated carbocycles. The first-order chi connectivity index (χ1) is 19.5. The molecule has 0 amide bonds. The van der Waals surface area contributed by atoms with E-state index >= 15 is 0 Å². The Balaban J connectivity index is 1.54. The number of rotatable bonds is 4. The minimum Gasteiger partial charge on any atom is -0.497 e. The summed E-state index contributed by atoms with van der Waals surface area (Å²) in [6.07, 6.45) is 6.74. The number of pyridine rings is 1. The third-order valence-electron chi connectivity index (χ3n) is 8.43. The van der Waals surface area contributed by atoms with Crippen LogP contribution in [0.1, 0.15) is 48.1 Å². The second-order valence-electron chi connectivity index (χ2n) is 10.3. The number of carbonyl (C=O) groups excluding carboxylic acids is 3. The fourth-order valence-electron chi connectivity index (χ4n) is 6.83. The molecule has 3 unspecified atom stereocenters. The third-order valence-corrected chi connectivity index (χ3v) is 8.43.